The first-order chi connectivity index (χ1) is 7.63. The average molecular weight is 224 g/mol. The maximum Gasteiger partial charge on any atom is 0.224 e. The van der Waals surface area contributed by atoms with Crippen LogP contribution in [0.2, 0.25) is 0 Å². The zero-order valence-corrected chi connectivity index (χ0v) is 10.1. The van der Waals surface area contributed by atoms with Gasteiger partial charge in [0.05, 0.1) is 12.1 Å². The summed E-state index contributed by atoms with van der Waals surface area (Å²) in [5.74, 6) is 1.33. The summed E-state index contributed by atoms with van der Waals surface area (Å²) in [6.07, 6.45) is 2.52. The largest absolute Gasteiger partial charge is 0.394 e. The topological polar surface area (TPSA) is 70.1 Å². The standard InChI is InChI=1S/C11H20N4O/c1-4-11(3,8-16)15-9-6-7-13-10(14-9)12-5-2/h6-7,16H,4-5,8H2,1-3H3,(H2,12,13,14,15). The Bertz CT molecular complexity index is 326. The molecule has 1 heterocycles. The number of hydrogen-bond donors (Lipinski definition) is 3. The van der Waals surface area contributed by atoms with E-state index in [1.807, 2.05) is 20.8 Å². The molecule has 0 radical (unpaired) electrons. The summed E-state index contributed by atoms with van der Waals surface area (Å²) in [7, 11) is 0. The van der Waals surface area contributed by atoms with Crippen molar-refractivity contribution in [3.05, 3.63) is 12.3 Å². The first-order valence-electron chi connectivity index (χ1n) is 5.59. The number of rotatable bonds is 6. The molecule has 16 heavy (non-hydrogen) atoms. The van der Waals surface area contributed by atoms with E-state index in [0.29, 0.717) is 5.95 Å². The van der Waals surface area contributed by atoms with Gasteiger partial charge in [-0.3, -0.25) is 0 Å². The van der Waals surface area contributed by atoms with Crippen LogP contribution in [0.25, 0.3) is 0 Å². The van der Waals surface area contributed by atoms with Crippen molar-refractivity contribution in [2.75, 3.05) is 23.8 Å². The molecular weight excluding hydrogens is 204 g/mol. The lowest BCUT2D eigenvalue weighted by molar-refractivity contribution is 0.218. The summed E-state index contributed by atoms with van der Waals surface area (Å²) in [5, 5.41) is 15.6. The molecule has 0 amide bonds. The van der Waals surface area contributed by atoms with Crippen molar-refractivity contribution in [3.63, 3.8) is 0 Å². The second-order valence-electron chi connectivity index (χ2n) is 3.99. The first-order valence-corrected chi connectivity index (χ1v) is 5.59. The Kier molecular flexibility index (Phi) is 4.49. The van der Waals surface area contributed by atoms with E-state index in [-0.39, 0.29) is 12.1 Å². The Hall–Kier alpha value is -1.36. The van der Waals surface area contributed by atoms with Gasteiger partial charge in [0.1, 0.15) is 5.82 Å². The number of nitrogens with zero attached hydrogens (tertiary/aromatic N) is 2. The first kappa shape index (κ1) is 12.7. The molecule has 0 bridgehead atoms. The van der Waals surface area contributed by atoms with Gasteiger partial charge in [-0.05, 0) is 26.3 Å². The van der Waals surface area contributed by atoms with Gasteiger partial charge in [-0.15, -0.1) is 0 Å². The van der Waals surface area contributed by atoms with Crippen LogP contribution in [0.15, 0.2) is 12.3 Å². The molecule has 0 saturated carbocycles. The van der Waals surface area contributed by atoms with Crippen LogP contribution >= 0.6 is 0 Å². The second-order valence-corrected chi connectivity index (χ2v) is 3.99. The van der Waals surface area contributed by atoms with Gasteiger partial charge in [-0.1, -0.05) is 6.92 Å². The minimum absolute atomic E-state index is 0.0735. The number of aromatic nitrogens is 2. The molecule has 0 aliphatic rings. The molecule has 1 unspecified atom stereocenters. The van der Waals surface area contributed by atoms with Gasteiger partial charge in [0.25, 0.3) is 0 Å². The zero-order chi connectivity index (χ0) is 12.0. The van der Waals surface area contributed by atoms with Crippen LogP contribution in [0.4, 0.5) is 11.8 Å². The minimum atomic E-state index is -0.335. The molecule has 0 aliphatic carbocycles. The van der Waals surface area contributed by atoms with Crippen molar-refractivity contribution >= 4 is 11.8 Å². The third-order valence-corrected chi connectivity index (χ3v) is 2.55. The van der Waals surface area contributed by atoms with Crippen molar-refractivity contribution in [2.45, 2.75) is 32.7 Å². The number of hydrogen-bond acceptors (Lipinski definition) is 5. The Balaban J connectivity index is 2.76. The molecule has 0 saturated heterocycles. The van der Waals surface area contributed by atoms with Gasteiger partial charge in [-0.2, -0.15) is 4.98 Å². The fourth-order valence-electron chi connectivity index (χ4n) is 1.22. The highest BCUT2D eigenvalue weighted by molar-refractivity contribution is 5.41. The lowest BCUT2D eigenvalue weighted by Crippen LogP contribution is -2.38. The SMILES string of the molecule is CCNc1nccc(NC(C)(CC)CO)n1. The van der Waals surface area contributed by atoms with Gasteiger partial charge >= 0.3 is 0 Å². The van der Waals surface area contributed by atoms with Crippen LogP contribution in [0, 0.1) is 0 Å². The maximum atomic E-state index is 9.30. The molecule has 1 aromatic heterocycles. The predicted molar refractivity (Wildman–Crippen MR) is 65.6 cm³/mol. The molecule has 1 atom stereocenters. The quantitative estimate of drug-likeness (QED) is 0.683. The van der Waals surface area contributed by atoms with E-state index in [9.17, 15) is 5.11 Å². The monoisotopic (exact) mass is 224 g/mol. The zero-order valence-electron chi connectivity index (χ0n) is 10.1. The smallest absolute Gasteiger partial charge is 0.224 e. The maximum absolute atomic E-state index is 9.30. The van der Waals surface area contributed by atoms with E-state index < -0.39 is 0 Å². The van der Waals surface area contributed by atoms with Crippen molar-refractivity contribution in [1.29, 1.82) is 0 Å². The molecule has 5 nitrogen and oxygen atoms in total. The lowest BCUT2D eigenvalue weighted by atomic mass is 10.0. The number of aliphatic hydroxyl groups is 1. The Morgan fingerprint density at radius 3 is 2.75 bits per heavy atom. The van der Waals surface area contributed by atoms with E-state index in [1.165, 1.54) is 0 Å². The molecule has 0 fully saturated rings. The number of anilines is 2. The second kappa shape index (κ2) is 5.65. The van der Waals surface area contributed by atoms with E-state index in [4.69, 9.17) is 0 Å². The van der Waals surface area contributed by atoms with Gasteiger partial charge in [0.15, 0.2) is 0 Å². The Labute approximate surface area is 96.3 Å². The van der Waals surface area contributed by atoms with Crippen molar-refractivity contribution in [3.8, 4) is 0 Å². The van der Waals surface area contributed by atoms with E-state index in [0.717, 1.165) is 18.8 Å². The highest BCUT2D eigenvalue weighted by Crippen LogP contribution is 2.16. The van der Waals surface area contributed by atoms with Crippen molar-refractivity contribution in [1.82, 2.24) is 9.97 Å². The van der Waals surface area contributed by atoms with Crippen LogP contribution in [0.5, 0.6) is 0 Å². The number of aliphatic hydroxyl groups excluding tert-OH is 1. The molecular formula is C11H20N4O. The summed E-state index contributed by atoms with van der Waals surface area (Å²) >= 11 is 0. The third-order valence-electron chi connectivity index (χ3n) is 2.55. The Morgan fingerprint density at radius 1 is 1.44 bits per heavy atom. The van der Waals surface area contributed by atoms with Gasteiger partial charge in [0.2, 0.25) is 5.95 Å². The fourth-order valence-corrected chi connectivity index (χ4v) is 1.22. The third kappa shape index (κ3) is 3.34. The van der Waals surface area contributed by atoms with Crippen LogP contribution < -0.4 is 10.6 Å². The summed E-state index contributed by atoms with van der Waals surface area (Å²) in [5.41, 5.74) is -0.335. The summed E-state index contributed by atoms with van der Waals surface area (Å²) in [4.78, 5) is 8.39. The van der Waals surface area contributed by atoms with Gasteiger partial charge in [0, 0.05) is 12.7 Å². The van der Waals surface area contributed by atoms with Crippen molar-refractivity contribution < 1.29 is 5.11 Å². The number of nitrogens with one attached hydrogen (secondary N) is 2. The fraction of sp³-hybridized carbons (Fsp3) is 0.636. The summed E-state index contributed by atoms with van der Waals surface area (Å²) in [6, 6.07) is 1.80. The molecule has 0 spiro atoms. The van der Waals surface area contributed by atoms with E-state index in [1.54, 1.807) is 12.3 Å². The van der Waals surface area contributed by atoms with Crippen LogP contribution in [0.3, 0.4) is 0 Å². The van der Waals surface area contributed by atoms with Gasteiger partial charge < -0.3 is 15.7 Å². The highest BCUT2D eigenvalue weighted by Gasteiger charge is 2.20. The molecule has 0 aliphatic heterocycles. The molecule has 1 rings (SSSR count). The molecule has 3 N–H and O–H groups in total. The predicted octanol–water partition coefficient (Wildman–Crippen LogP) is 1.48. The Morgan fingerprint density at radius 2 is 2.19 bits per heavy atom. The van der Waals surface area contributed by atoms with Crippen LogP contribution in [-0.2, 0) is 0 Å². The summed E-state index contributed by atoms with van der Waals surface area (Å²) < 4.78 is 0. The molecule has 5 heteroatoms. The molecule has 0 aromatic carbocycles. The van der Waals surface area contributed by atoms with Crippen LogP contribution in [-0.4, -0.2) is 33.8 Å². The normalized spacial score (nSPS) is 14.2. The van der Waals surface area contributed by atoms with E-state index in [2.05, 4.69) is 20.6 Å². The van der Waals surface area contributed by atoms with Crippen molar-refractivity contribution in [2.24, 2.45) is 0 Å². The minimum Gasteiger partial charge on any atom is -0.394 e. The lowest BCUT2D eigenvalue weighted by Gasteiger charge is -2.27. The summed E-state index contributed by atoms with van der Waals surface area (Å²) in [6.45, 7) is 6.84. The highest BCUT2D eigenvalue weighted by atomic mass is 16.3. The average Bonchev–Trinajstić information content (AvgIpc) is 2.30. The van der Waals surface area contributed by atoms with E-state index >= 15 is 0 Å². The van der Waals surface area contributed by atoms with Crippen LogP contribution in [0.1, 0.15) is 27.2 Å². The van der Waals surface area contributed by atoms with Gasteiger partial charge in [-0.25, -0.2) is 4.98 Å². The molecule has 1 aromatic rings. The molecule has 90 valence electrons.